The lowest BCUT2D eigenvalue weighted by Gasteiger charge is -2.21. The molecule has 1 aromatic carbocycles. The van der Waals surface area contributed by atoms with E-state index in [1.807, 2.05) is 30.3 Å². The van der Waals surface area contributed by atoms with Gasteiger partial charge in [0.2, 0.25) is 11.8 Å². The van der Waals surface area contributed by atoms with Crippen molar-refractivity contribution >= 4 is 11.8 Å². The number of hydrogen-bond acceptors (Lipinski definition) is 3. The molecule has 0 saturated carbocycles. The summed E-state index contributed by atoms with van der Waals surface area (Å²) < 4.78 is 0. The Balaban J connectivity index is 1.65. The van der Waals surface area contributed by atoms with Crippen LogP contribution >= 0.6 is 0 Å². The van der Waals surface area contributed by atoms with Crippen LogP contribution in [0.25, 0.3) is 0 Å². The summed E-state index contributed by atoms with van der Waals surface area (Å²) >= 11 is 0. The van der Waals surface area contributed by atoms with Gasteiger partial charge in [0.1, 0.15) is 0 Å². The molecule has 1 heterocycles. The van der Waals surface area contributed by atoms with Crippen LogP contribution in [0, 0.1) is 5.92 Å². The zero-order valence-corrected chi connectivity index (χ0v) is 11.5. The largest absolute Gasteiger partial charge is 0.317 e. The molecule has 1 saturated heterocycles. The SMILES string of the molecule is O=C(CCc1ccccc1)NNC(=O)C1CCNCC1. The lowest BCUT2D eigenvalue weighted by molar-refractivity contribution is -0.131. The highest BCUT2D eigenvalue weighted by Gasteiger charge is 2.20. The molecule has 0 bridgehead atoms. The van der Waals surface area contributed by atoms with Crippen molar-refractivity contribution in [3.05, 3.63) is 35.9 Å². The minimum absolute atomic E-state index is 0.00525. The Kier molecular flexibility index (Phi) is 5.55. The number of hydrazine groups is 1. The zero-order valence-electron chi connectivity index (χ0n) is 11.5. The predicted molar refractivity (Wildman–Crippen MR) is 76.6 cm³/mol. The van der Waals surface area contributed by atoms with E-state index < -0.39 is 0 Å². The van der Waals surface area contributed by atoms with Crippen LogP contribution in [-0.2, 0) is 16.0 Å². The van der Waals surface area contributed by atoms with E-state index in [-0.39, 0.29) is 17.7 Å². The maximum absolute atomic E-state index is 11.8. The van der Waals surface area contributed by atoms with Crippen molar-refractivity contribution in [2.75, 3.05) is 13.1 Å². The third kappa shape index (κ3) is 4.66. The Morgan fingerprint density at radius 2 is 1.80 bits per heavy atom. The number of benzene rings is 1. The van der Waals surface area contributed by atoms with Crippen molar-refractivity contribution in [1.29, 1.82) is 0 Å². The molecule has 1 fully saturated rings. The van der Waals surface area contributed by atoms with Gasteiger partial charge in [-0.25, -0.2) is 0 Å². The van der Waals surface area contributed by atoms with Gasteiger partial charge in [-0.2, -0.15) is 0 Å². The van der Waals surface area contributed by atoms with Crippen molar-refractivity contribution in [2.45, 2.75) is 25.7 Å². The minimum atomic E-state index is -0.156. The molecule has 0 atom stereocenters. The Hall–Kier alpha value is -1.88. The van der Waals surface area contributed by atoms with Crippen molar-refractivity contribution < 1.29 is 9.59 Å². The van der Waals surface area contributed by atoms with Crippen LogP contribution in [0.5, 0.6) is 0 Å². The fourth-order valence-electron chi connectivity index (χ4n) is 2.28. The van der Waals surface area contributed by atoms with Crippen molar-refractivity contribution in [1.82, 2.24) is 16.2 Å². The number of rotatable bonds is 4. The van der Waals surface area contributed by atoms with E-state index in [1.165, 1.54) is 0 Å². The first-order valence-electron chi connectivity index (χ1n) is 7.09. The van der Waals surface area contributed by atoms with E-state index in [0.717, 1.165) is 31.5 Å². The summed E-state index contributed by atoms with van der Waals surface area (Å²) in [5, 5.41) is 3.21. The fraction of sp³-hybridized carbons (Fsp3) is 0.467. The summed E-state index contributed by atoms with van der Waals surface area (Å²) in [5.74, 6) is -0.235. The maximum atomic E-state index is 11.8. The van der Waals surface area contributed by atoms with E-state index >= 15 is 0 Å². The third-order valence-electron chi connectivity index (χ3n) is 3.52. The van der Waals surface area contributed by atoms with Crippen molar-refractivity contribution in [3.63, 3.8) is 0 Å². The molecule has 0 aliphatic carbocycles. The molecule has 2 amide bonds. The molecule has 1 aliphatic heterocycles. The van der Waals surface area contributed by atoms with E-state index in [0.29, 0.717) is 12.8 Å². The molecule has 5 heteroatoms. The molecule has 1 aromatic rings. The van der Waals surface area contributed by atoms with Gasteiger partial charge in [-0.1, -0.05) is 30.3 Å². The van der Waals surface area contributed by atoms with Gasteiger partial charge in [-0.15, -0.1) is 0 Å². The molecule has 20 heavy (non-hydrogen) atoms. The van der Waals surface area contributed by atoms with Gasteiger partial charge < -0.3 is 5.32 Å². The normalized spacial score (nSPS) is 15.6. The molecule has 3 N–H and O–H groups in total. The number of carbonyl (C=O) groups excluding carboxylic acids is 2. The highest BCUT2D eigenvalue weighted by Crippen LogP contribution is 2.10. The Morgan fingerprint density at radius 1 is 1.10 bits per heavy atom. The van der Waals surface area contributed by atoms with Crippen LogP contribution in [0.3, 0.4) is 0 Å². The second kappa shape index (κ2) is 7.65. The molecular weight excluding hydrogens is 254 g/mol. The fourth-order valence-corrected chi connectivity index (χ4v) is 2.28. The first kappa shape index (κ1) is 14.5. The summed E-state index contributed by atoms with van der Waals surface area (Å²) in [5.41, 5.74) is 6.13. The summed E-state index contributed by atoms with van der Waals surface area (Å²) in [6.45, 7) is 1.72. The number of piperidine rings is 1. The topological polar surface area (TPSA) is 70.2 Å². The van der Waals surface area contributed by atoms with Gasteiger partial charge in [0, 0.05) is 12.3 Å². The monoisotopic (exact) mass is 275 g/mol. The van der Waals surface area contributed by atoms with Crippen LogP contribution in [0.2, 0.25) is 0 Å². The summed E-state index contributed by atoms with van der Waals surface area (Å²) in [6.07, 6.45) is 2.70. The Morgan fingerprint density at radius 3 is 2.50 bits per heavy atom. The van der Waals surface area contributed by atoms with E-state index in [4.69, 9.17) is 0 Å². The van der Waals surface area contributed by atoms with E-state index in [1.54, 1.807) is 0 Å². The average Bonchev–Trinajstić information content (AvgIpc) is 2.52. The van der Waals surface area contributed by atoms with Crippen LogP contribution < -0.4 is 16.2 Å². The zero-order chi connectivity index (χ0) is 14.2. The molecule has 1 aliphatic rings. The average molecular weight is 275 g/mol. The molecule has 108 valence electrons. The number of hydrogen-bond donors (Lipinski definition) is 3. The maximum Gasteiger partial charge on any atom is 0.241 e. The second-order valence-corrected chi connectivity index (χ2v) is 5.05. The Labute approximate surface area is 119 Å². The third-order valence-corrected chi connectivity index (χ3v) is 3.52. The molecule has 0 radical (unpaired) electrons. The van der Waals surface area contributed by atoms with Crippen LogP contribution in [0.4, 0.5) is 0 Å². The van der Waals surface area contributed by atoms with E-state index in [2.05, 4.69) is 16.2 Å². The quantitative estimate of drug-likeness (QED) is 0.711. The molecular formula is C15H21N3O2. The summed E-state index contributed by atoms with van der Waals surface area (Å²) in [6, 6.07) is 9.82. The Bertz CT molecular complexity index is 442. The lowest BCUT2D eigenvalue weighted by atomic mass is 9.98. The standard InChI is InChI=1S/C15H21N3O2/c19-14(7-6-12-4-2-1-3-5-12)17-18-15(20)13-8-10-16-11-9-13/h1-5,13,16H,6-11H2,(H,17,19)(H,18,20). The highest BCUT2D eigenvalue weighted by molar-refractivity contribution is 5.83. The minimum Gasteiger partial charge on any atom is -0.317 e. The number of amides is 2. The van der Waals surface area contributed by atoms with Gasteiger partial charge in [0.15, 0.2) is 0 Å². The lowest BCUT2D eigenvalue weighted by Crippen LogP contribution is -2.46. The van der Waals surface area contributed by atoms with Gasteiger partial charge in [-0.3, -0.25) is 20.4 Å². The highest BCUT2D eigenvalue weighted by atomic mass is 16.2. The summed E-state index contributed by atoms with van der Waals surface area (Å²) in [4.78, 5) is 23.5. The number of carbonyl (C=O) groups is 2. The number of aryl methyl sites for hydroxylation is 1. The summed E-state index contributed by atoms with van der Waals surface area (Å²) in [7, 11) is 0. The first-order chi connectivity index (χ1) is 9.75. The van der Waals surface area contributed by atoms with Gasteiger partial charge >= 0.3 is 0 Å². The molecule has 5 nitrogen and oxygen atoms in total. The van der Waals surface area contributed by atoms with E-state index in [9.17, 15) is 9.59 Å². The van der Waals surface area contributed by atoms with Crippen molar-refractivity contribution in [3.8, 4) is 0 Å². The first-order valence-corrected chi connectivity index (χ1v) is 7.09. The predicted octanol–water partition coefficient (Wildman–Crippen LogP) is 0.766. The van der Waals surface area contributed by atoms with Crippen LogP contribution in [0.1, 0.15) is 24.8 Å². The van der Waals surface area contributed by atoms with Crippen LogP contribution in [0.15, 0.2) is 30.3 Å². The van der Waals surface area contributed by atoms with Crippen molar-refractivity contribution in [2.24, 2.45) is 5.92 Å². The van der Waals surface area contributed by atoms with Gasteiger partial charge in [0.05, 0.1) is 0 Å². The smallest absolute Gasteiger partial charge is 0.241 e. The van der Waals surface area contributed by atoms with Crippen LogP contribution in [-0.4, -0.2) is 24.9 Å². The number of nitrogens with one attached hydrogen (secondary N) is 3. The molecule has 0 unspecified atom stereocenters. The van der Waals surface area contributed by atoms with Gasteiger partial charge in [-0.05, 0) is 37.9 Å². The molecule has 0 spiro atoms. The molecule has 0 aromatic heterocycles. The molecule has 2 rings (SSSR count). The second-order valence-electron chi connectivity index (χ2n) is 5.05. The van der Waals surface area contributed by atoms with Gasteiger partial charge in [0.25, 0.3) is 0 Å².